The highest BCUT2D eigenvalue weighted by Crippen LogP contribution is 2.25. The van der Waals surface area contributed by atoms with Gasteiger partial charge in [-0.15, -0.1) is 11.8 Å². The largest absolute Gasteiger partial charge is 0.384 e. The monoisotopic (exact) mass is 306 g/mol. The summed E-state index contributed by atoms with van der Waals surface area (Å²) in [6.45, 7) is -0.233. The summed E-state index contributed by atoms with van der Waals surface area (Å²) in [6.07, 6.45) is 0. The van der Waals surface area contributed by atoms with Gasteiger partial charge in [0.1, 0.15) is 12.4 Å². The van der Waals surface area contributed by atoms with Crippen LogP contribution in [0.5, 0.6) is 0 Å². The molecule has 0 spiro atoms. The maximum atomic E-state index is 13.5. The third-order valence-electron chi connectivity index (χ3n) is 2.47. The minimum absolute atomic E-state index is 0.233. The minimum Gasteiger partial charge on any atom is -0.384 e. The van der Waals surface area contributed by atoms with Crippen molar-refractivity contribution in [2.24, 2.45) is 0 Å². The van der Waals surface area contributed by atoms with Crippen LogP contribution in [0.4, 0.5) is 4.39 Å². The zero-order chi connectivity index (χ0) is 14.4. The topological polar surface area (TPSA) is 20.2 Å². The first-order valence-corrected chi connectivity index (χ1v) is 7.31. The quantitative estimate of drug-likeness (QED) is 0.680. The smallest absolute Gasteiger partial charge is 0.124 e. The molecule has 2 rings (SSSR count). The van der Waals surface area contributed by atoms with Gasteiger partial charge in [0.15, 0.2) is 0 Å². The van der Waals surface area contributed by atoms with Crippen molar-refractivity contribution < 1.29 is 9.50 Å². The van der Waals surface area contributed by atoms with Crippen molar-refractivity contribution in [1.82, 2.24) is 0 Å². The van der Waals surface area contributed by atoms with Crippen molar-refractivity contribution in [2.45, 2.75) is 10.6 Å². The van der Waals surface area contributed by atoms with Crippen LogP contribution in [0, 0.1) is 17.7 Å². The summed E-state index contributed by atoms with van der Waals surface area (Å²) in [6, 6.07) is 12.2. The van der Waals surface area contributed by atoms with E-state index in [-0.39, 0.29) is 12.4 Å². The summed E-state index contributed by atoms with van der Waals surface area (Å²) in [7, 11) is 0. The van der Waals surface area contributed by atoms with Crippen LogP contribution in [0.2, 0.25) is 5.02 Å². The summed E-state index contributed by atoms with van der Waals surface area (Å²) < 4.78 is 13.5. The zero-order valence-corrected chi connectivity index (χ0v) is 12.1. The van der Waals surface area contributed by atoms with Crippen LogP contribution < -0.4 is 0 Å². The van der Waals surface area contributed by atoms with Crippen LogP contribution in [0.15, 0.2) is 47.4 Å². The number of halogens is 2. The zero-order valence-electron chi connectivity index (χ0n) is 10.6. The molecule has 1 nitrogen and oxygen atoms in total. The molecule has 0 radical (unpaired) electrons. The molecule has 0 saturated carbocycles. The molecular formula is C16H12ClFOS. The molecule has 0 saturated heterocycles. The van der Waals surface area contributed by atoms with Gasteiger partial charge in [-0.3, -0.25) is 0 Å². The molecule has 0 fully saturated rings. The molecule has 0 aliphatic rings. The molecule has 20 heavy (non-hydrogen) atoms. The highest BCUT2D eigenvalue weighted by Gasteiger charge is 2.01. The first-order chi connectivity index (χ1) is 9.67. The maximum Gasteiger partial charge on any atom is 0.124 e. The van der Waals surface area contributed by atoms with E-state index in [1.165, 1.54) is 12.1 Å². The second kappa shape index (κ2) is 7.35. The van der Waals surface area contributed by atoms with Gasteiger partial charge < -0.3 is 5.11 Å². The number of rotatable bonds is 3. The van der Waals surface area contributed by atoms with Gasteiger partial charge in [-0.1, -0.05) is 29.5 Å². The molecule has 0 heterocycles. The van der Waals surface area contributed by atoms with Crippen molar-refractivity contribution in [3.05, 3.63) is 64.4 Å². The van der Waals surface area contributed by atoms with Gasteiger partial charge in [0.05, 0.1) is 0 Å². The van der Waals surface area contributed by atoms with E-state index in [0.29, 0.717) is 16.3 Å². The lowest BCUT2D eigenvalue weighted by atomic mass is 10.1. The summed E-state index contributed by atoms with van der Waals surface area (Å²) >= 11 is 7.50. The first kappa shape index (κ1) is 14.9. The first-order valence-electron chi connectivity index (χ1n) is 5.95. The lowest BCUT2D eigenvalue weighted by Crippen LogP contribution is -1.87. The van der Waals surface area contributed by atoms with E-state index in [1.807, 2.05) is 30.3 Å². The van der Waals surface area contributed by atoms with E-state index < -0.39 is 0 Å². The fourth-order valence-corrected chi connectivity index (χ4v) is 2.81. The number of hydrogen-bond donors (Lipinski definition) is 1. The Morgan fingerprint density at radius 1 is 1.20 bits per heavy atom. The Balaban J connectivity index is 2.11. The van der Waals surface area contributed by atoms with Crippen LogP contribution in [-0.4, -0.2) is 11.7 Å². The Bertz CT molecular complexity index is 661. The van der Waals surface area contributed by atoms with Crippen LogP contribution in [-0.2, 0) is 5.75 Å². The van der Waals surface area contributed by atoms with Gasteiger partial charge in [-0.05, 0) is 42.0 Å². The van der Waals surface area contributed by atoms with Crippen molar-refractivity contribution in [2.75, 3.05) is 6.61 Å². The Morgan fingerprint density at radius 3 is 2.80 bits per heavy atom. The van der Waals surface area contributed by atoms with Gasteiger partial charge in [0, 0.05) is 21.2 Å². The molecule has 0 unspecified atom stereocenters. The summed E-state index contributed by atoms with van der Waals surface area (Å²) in [5.41, 5.74) is 1.41. The van der Waals surface area contributed by atoms with Crippen LogP contribution in [0.1, 0.15) is 11.1 Å². The van der Waals surface area contributed by atoms with Crippen LogP contribution >= 0.6 is 23.4 Å². The Hall–Kier alpha value is -1.47. The number of hydrogen-bond acceptors (Lipinski definition) is 2. The molecular weight excluding hydrogens is 295 g/mol. The fourth-order valence-electron chi connectivity index (χ4n) is 1.67. The van der Waals surface area contributed by atoms with E-state index in [9.17, 15) is 4.39 Å². The molecule has 0 amide bonds. The van der Waals surface area contributed by atoms with Crippen LogP contribution in [0.3, 0.4) is 0 Å². The highest BCUT2D eigenvalue weighted by atomic mass is 35.5. The van der Waals surface area contributed by atoms with E-state index in [1.54, 1.807) is 11.8 Å². The van der Waals surface area contributed by atoms with Crippen molar-refractivity contribution in [1.29, 1.82) is 0 Å². The molecule has 2 aromatic rings. The lowest BCUT2D eigenvalue weighted by Gasteiger charge is -2.04. The third-order valence-corrected chi connectivity index (χ3v) is 3.77. The van der Waals surface area contributed by atoms with Crippen LogP contribution in [0.25, 0.3) is 0 Å². The van der Waals surface area contributed by atoms with E-state index in [0.717, 1.165) is 10.5 Å². The summed E-state index contributed by atoms with van der Waals surface area (Å²) in [5.74, 6) is 5.54. The standard InChI is InChI=1S/C16H12ClFOS/c17-14-4-1-5-16(10-14)20-11-13-7-12(3-2-6-19)8-15(18)9-13/h1,4-5,7-10,19H,6,11H2. The molecule has 0 atom stereocenters. The Kier molecular flexibility index (Phi) is 5.49. The van der Waals surface area contributed by atoms with Gasteiger partial charge in [0.25, 0.3) is 0 Å². The summed E-state index contributed by atoms with van der Waals surface area (Å²) in [4.78, 5) is 1.03. The Morgan fingerprint density at radius 2 is 2.05 bits per heavy atom. The second-order valence-corrected chi connectivity index (χ2v) is 5.54. The molecule has 0 aliphatic heterocycles. The molecule has 0 bridgehead atoms. The Labute approximate surface area is 126 Å². The van der Waals surface area contributed by atoms with Gasteiger partial charge >= 0.3 is 0 Å². The van der Waals surface area contributed by atoms with Crippen molar-refractivity contribution in [3.63, 3.8) is 0 Å². The van der Waals surface area contributed by atoms with E-state index in [2.05, 4.69) is 11.8 Å². The van der Waals surface area contributed by atoms with Gasteiger partial charge in [-0.25, -0.2) is 4.39 Å². The maximum absolute atomic E-state index is 13.5. The van der Waals surface area contributed by atoms with E-state index >= 15 is 0 Å². The average molecular weight is 307 g/mol. The molecule has 0 aliphatic carbocycles. The molecule has 102 valence electrons. The average Bonchev–Trinajstić information content (AvgIpc) is 2.42. The fraction of sp³-hybridized carbons (Fsp3) is 0.125. The predicted octanol–water partition coefficient (Wildman–Crippen LogP) is 4.12. The van der Waals surface area contributed by atoms with Crippen molar-refractivity contribution >= 4 is 23.4 Å². The van der Waals surface area contributed by atoms with Gasteiger partial charge in [0.2, 0.25) is 0 Å². The predicted molar refractivity (Wildman–Crippen MR) is 81.4 cm³/mol. The second-order valence-electron chi connectivity index (χ2n) is 4.05. The number of aliphatic hydroxyl groups excluding tert-OH is 1. The molecule has 0 aromatic heterocycles. The number of thioether (sulfide) groups is 1. The highest BCUT2D eigenvalue weighted by molar-refractivity contribution is 7.98. The summed E-state index contributed by atoms with van der Waals surface area (Å²) in [5, 5.41) is 9.34. The SMILES string of the molecule is OCC#Cc1cc(F)cc(CSc2cccc(Cl)c2)c1. The number of aliphatic hydroxyl groups is 1. The molecule has 2 aromatic carbocycles. The van der Waals surface area contributed by atoms with Crippen molar-refractivity contribution in [3.8, 4) is 11.8 Å². The third kappa shape index (κ3) is 4.57. The molecule has 1 N–H and O–H groups in total. The van der Waals surface area contributed by atoms with E-state index in [4.69, 9.17) is 16.7 Å². The van der Waals surface area contributed by atoms with Gasteiger partial charge in [-0.2, -0.15) is 0 Å². The number of benzene rings is 2. The minimum atomic E-state index is -0.323. The normalized spacial score (nSPS) is 9.95. The molecule has 4 heteroatoms. The lowest BCUT2D eigenvalue weighted by molar-refractivity contribution is 0.350.